The SMILES string of the molecule is CC(C)=C1CCC(N2CCC(N3C(=O)C(NC(=O)O)c4cc(F)ccc43)CC2)CC1. The highest BCUT2D eigenvalue weighted by molar-refractivity contribution is 6.06. The lowest BCUT2D eigenvalue weighted by Crippen LogP contribution is -2.50. The minimum atomic E-state index is -1.28. The van der Waals surface area contributed by atoms with Crippen LogP contribution in [0.15, 0.2) is 29.3 Å². The van der Waals surface area contributed by atoms with Gasteiger partial charge in [0.2, 0.25) is 0 Å². The molecule has 2 aliphatic heterocycles. The zero-order valence-corrected chi connectivity index (χ0v) is 17.7. The minimum Gasteiger partial charge on any atom is -0.465 e. The van der Waals surface area contributed by atoms with E-state index in [0.717, 1.165) is 25.9 Å². The highest BCUT2D eigenvalue weighted by Gasteiger charge is 2.43. The number of piperidine rings is 1. The number of amides is 2. The fraction of sp³-hybridized carbons (Fsp3) is 0.565. The van der Waals surface area contributed by atoms with Crippen LogP contribution in [0.1, 0.15) is 64.0 Å². The number of benzene rings is 1. The summed E-state index contributed by atoms with van der Waals surface area (Å²) in [5, 5.41) is 11.4. The van der Waals surface area contributed by atoms with Gasteiger partial charge in [0, 0.05) is 30.7 Å². The number of allylic oxidation sites excluding steroid dienone is 2. The quantitative estimate of drug-likeness (QED) is 0.725. The Morgan fingerprint density at radius 2 is 1.77 bits per heavy atom. The van der Waals surface area contributed by atoms with E-state index in [1.54, 1.807) is 16.5 Å². The normalized spacial score (nSPS) is 25.4. The van der Waals surface area contributed by atoms with E-state index in [4.69, 9.17) is 5.11 Å². The van der Waals surface area contributed by atoms with E-state index in [9.17, 15) is 14.0 Å². The van der Waals surface area contributed by atoms with Crippen LogP contribution in [0, 0.1) is 5.82 Å². The number of carboxylic acid groups (broad SMARTS) is 1. The summed E-state index contributed by atoms with van der Waals surface area (Å²) in [5.74, 6) is -0.772. The van der Waals surface area contributed by atoms with Crippen LogP contribution in [-0.4, -0.2) is 47.2 Å². The number of rotatable bonds is 3. The largest absolute Gasteiger partial charge is 0.465 e. The van der Waals surface area contributed by atoms with Crippen molar-refractivity contribution in [3.05, 3.63) is 40.7 Å². The molecule has 2 heterocycles. The van der Waals surface area contributed by atoms with Crippen LogP contribution < -0.4 is 10.2 Å². The van der Waals surface area contributed by atoms with Gasteiger partial charge < -0.3 is 20.2 Å². The van der Waals surface area contributed by atoms with Crippen molar-refractivity contribution in [2.45, 2.75) is 70.5 Å². The Morgan fingerprint density at radius 1 is 1.10 bits per heavy atom. The molecule has 1 aromatic rings. The maximum atomic E-state index is 13.8. The monoisotopic (exact) mass is 415 g/mol. The van der Waals surface area contributed by atoms with Crippen LogP contribution in [-0.2, 0) is 4.79 Å². The number of halogens is 1. The van der Waals surface area contributed by atoms with Gasteiger partial charge in [0.25, 0.3) is 5.91 Å². The van der Waals surface area contributed by atoms with Crippen molar-refractivity contribution in [2.75, 3.05) is 18.0 Å². The Hall–Kier alpha value is -2.41. The van der Waals surface area contributed by atoms with E-state index in [2.05, 4.69) is 24.1 Å². The standard InChI is InChI=1S/C23H30FN3O3/c1-14(2)15-3-6-17(7-4-15)26-11-9-18(10-12-26)27-20-8-5-16(24)13-19(20)21(22(27)28)25-23(29)30/h5,8,13,17-18,21,25H,3-4,6-7,9-12H2,1-2H3,(H,29,30). The summed E-state index contributed by atoms with van der Waals surface area (Å²) in [4.78, 5) is 28.5. The first-order valence-electron chi connectivity index (χ1n) is 10.9. The minimum absolute atomic E-state index is 0.00971. The number of hydrogen-bond acceptors (Lipinski definition) is 3. The molecule has 4 rings (SSSR count). The third-order valence-electron chi connectivity index (χ3n) is 6.96. The van der Waals surface area contributed by atoms with Crippen molar-refractivity contribution in [3.63, 3.8) is 0 Å². The lowest BCUT2D eigenvalue weighted by Gasteiger charge is -2.42. The predicted octanol–water partition coefficient (Wildman–Crippen LogP) is 4.22. The highest BCUT2D eigenvalue weighted by atomic mass is 19.1. The molecule has 1 saturated heterocycles. The number of anilines is 1. The number of carbonyl (C=O) groups is 2. The lowest BCUT2D eigenvalue weighted by molar-refractivity contribution is -0.120. The molecule has 7 heteroatoms. The second kappa shape index (κ2) is 8.38. The molecule has 30 heavy (non-hydrogen) atoms. The average molecular weight is 416 g/mol. The van der Waals surface area contributed by atoms with Crippen LogP contribution in [0.3, 0.4) is 0 Å². The van der Waals surface area contributed by atoms with Crippen molar-refractivity contribution in [2.24, 2.45) is 0 Å². The summed E-state index contributed by atoms with van der Waals surface area (Å²) in [6.45, 7) is 6.25. The molecule has 6 nitrogen and oxygen atoms in total. The van der Waals surface area contributed by atoms with E-state index in [1.165, 1.54) is 43.4 Å². The Labute approximate surface area is 176 Å². The van der Waals surface area contributed by atoms with E-state index in [-0.39, 0.29) is 11.9 Å². The first-order valence-corrected chi connectivity index (χ1v) is 10.9. The van der Waals surface area contributed by atoms with Crippen LogP contribution >= 0.6 is 0 Å². The van der Waals surface area contributed by atoms with Gasteiger partial charge in [-0.1, -0.05) is 11.1 Å². The topological polar surface area (TPSA) is 72.9 Å². The zero-order valence-electron chi connectivity index (χ0n) is 17.7. The van der Waals surface area contributed by atoms with Crippen LogP contribution in [0.5, 0.6) is 0 Å². The van der Waals surface area contributed by atoms with E-state index >= 15 is 0 Å². The van der Waals surface area contributed by atoms with Crippen molar-refractivity contribution in [3.8, 4) is 0 Å². The molecule has 0 spiro atoms. The Balaban J connectivity index is 1.44. The molecule has 2 fully saturated rings. The molecule has 0 radical (unpaired) electrons. The van der Waals surface area contributed by atoms with Crippen molar-refractivity contribution in [1.29, 1.82) is 0 Å². The number of fused-ring (bicyclic) bond motifs is 1. The number of hydrogen-bond donors (Lipinski definition) is 2. The predicted molar refractivity (Wildman–Crippen MR) is 113 cm³/mol. The molecule has 3 aliphatic rings. The number of likely N-dealkylation sites (tertiary alicyclic amines) is 1. The van der Waals surface area contributed by atoms with Gasteiger partial charge in [-0.05, 0) is 70.6 Å². The van der Waals surface area contributed by atoms with Gasteiger partial charge in [0.1, 0.15) is 11.9 Å². The van der Waals surface area contributed by atoms with Gasteiger partial charge in [-0.2, -0.15) is 0 Å². The van der Waals surface area contributed by atoms with Gasteiger partial charge in [-0.3, -0.25) is 4.79 Å². The molecule has 1 atom stereocenters. The first-order chi connectivity index (χ1) is 14.3. The molecule has 2 N–H and O–H groups in total. The van der Waals surface area contributed by atoms with E-state index in [0.29, 0.717) is 17.3 Å². The van der Waals surface area contributed by atoms with Crippen LogP contribution in [0.4, 0.5) is 14.9 Å². The van der Waals surface area contributed by atoms with Crippen LogP contribution in [0.2, 0.25) is 0 Å². The third-order valence-corrected chi connectivity index (χ3v) is 6.96. The highest BCUT2D eigenvalue weighted by Crippen LogP contribution is 2.40. The fourth-order valence-corrected chi connectivity index (χ4v) is 5.33. The molecule has 1 aliphatic carbocycles. The van der Waals surface area contributed by atoms with E-state index < -0.39 is 18.0 Å². The van der Waals surface area contributed by atoms with Crippen molar-refractivity contribution < 1.29 is 19.1 Å². The summed E-state index contributed by atoms with van der Waals surface area (Å²) in [6.07, 6.45) is 5.15. The Kier molecular flexibility index (Phi) is 5.82. The fourth-order valence-electron chi connectivity index (χ4n) is 5.33. The number of nitrogens with zero attached hydrogens (tertiary/aromatic N) is 2. The summed E-state index contributed by atoms with van der Waals surface area (Å²) < 4.78 is 13.8. The molecular formula is C23H30FN3O3. The van der Waals surface area contributed by atoms with E-state index in [1.807, 2.05) is 0 Å². The second-order valence-electron chi connectivity index (χ2n) is 8.90. The summed E-state index contributed by atoms with van der Waals surface area (Å²) in [6, 6.07) is 3.78. The molecule has 0 bridgehead atoms. The van der Waals surface area contributed by atoms with Gasteiger partial charge in [-0.25, -0.2) is 9.18 Å². The first kappa shape index (κ1) is 20.8. The molecular weight excluding hydrogens is 385 g/mol. The Bertz CT molecular complexity index is 862. The Morgan fingerprint density at radius 3 is 2.37 bits per heavy atom. The summed E-state index contributed by atoms with van der Waals surface area (Å²) >= 11 is 0. The molecule has 162 valence electrons. The smallest absolute Gasteiger partial charge is 0.405 e. The maximum absolute atomic E-state index is 13.8. The third kappa shape index (κ3) is 3.95. The van der Waals surface area contributed by atoms with Crippen molar-refractivity contribution >= 4 is 17.7 Å². The zero-order chi connectivity index (χ0) is 21.4. The van der Waals surface area contributed by atoms with Gasteiger partial charge in [0.05, 0.1) is 5.69 Å². The van der Waals surface area contributed by atoms with Gasteiger partial charge >= 0.3 is 6.09 Å². The lowest BCUT2D eigenvalue weighted by atomic mass is 9.86. The van der Waals surface area contributed by atoms with Gasteiger partial charge in [-0.15, -0.1) is 0 Å². The summed E-state index contributed by atoms with van der Waals surface area (Å²) in [7, 11) is 0. The second-order valence-corrected chi connectivity index (χ2v) is 8.90. The molecule has 1 saturated carbocycles. The average Bonchev–Trinajstić information content (AvgIpc) is 2.99. The summed E-state index contributed by atoms with van der Waals surface area (Å²) in [5.41, 5.74) is 4.10. The molecule has 1 unspecified atom stereocenters. The molecule has 0 aromatic heterocycles. The number of carbonyl (C=O) groups excluding carboxylic acids is 1. The molecule has 1 aromatic carbocycles. The molecule has 2 amide bonds. The van der Waals surface area contributed by atoms with Crippen LogP contribution in [0.25, 0.3) is 0 Å². The van der Waals surface area contributed by atoms with Crippen molar-refractivity contribution in [1.82, 2.24) is 10.2 Å². The maximum Gasteiger partial charge on any atom is 0.405 e. The van der Waals surface area contributed by atoms with Gasteiger partial charge in [0.15, 0.2) is 0 Å². The number of nitrogens with one attached hydrogen (secondary N) is 1.